The first-order valence-corrected chi connectivity index (χ1v) is 9.74. The molecule has 0 radical (unpaired) electrons. The molecule has 0 aromatic heterocycles. The van der Waals surface area contributed by atoms with Crippen LogP contribution in [0, 0.1) is 0 Å². The van der Waals surface area contributed by atoms with Gasteiger partial charge in [0, 0.05) is 29.2 Å². The van der Waals surface area contributed by atoms with Crippen molar-refractivity contribution >= 4 is 5.91 Å². The molecule has 0 bridgehead atoms. The Kier molecular flexibility index (Phi) is 7.52. The summed E-state index contributed by atoms with van der Waals surface area (Å²) < 4.78 is 0. The van der Waals surface area contributed by atoms with E-state index in [0.29, 0.717) is 6.04 Å². The summed E-state index contributed by atoms with van der Waals surface area (Å²) in [7, 11) is 2.22. The number of amides is 1. The molecule has 0 N–H and O–H groups in total. The van der Waals surface area contributed by atoms with Gasteiger partial charge in [0.05, 0.1) is 0 Å². The summed E-state index contributed by atoms with van der Waals surface area (Å²) in [6, 6.07) is 0.329. The van der Waals surface area contributed by atoms with E-state index >= 15 is 0 Å². The summed E-state index contributed by atoms with van der Waals surface area (Å²) in [4.78, 5) is 17.7. The van der Waals surface area contributed by atoms with Crippen LogP contribution in [0.4, 0.5) is 0 Å². The van der Waals surface area contributed by atoms with E-state index in [0.717, 1.165) is 31.4 Å². The summed E-state index contributed by atoms with van der Waals surface area (Å²) in [5.74, 6) is 0.232. The van der Waals surface area contributed by atoms with Crippen LogP contribution in [0.15, 0.2) is 11.6 Å². The first-order valence-electron chi connectivity index (χ1n) is 9.74. The lowest BCUT2D eigenvalue weighted by molar-refractivity contribution is -0.134. The molecule has 0 aliphatic carbocycles. The molecule has 1 fully saturated rings. The Morgan fingerprint density at radius 1 is 1.12 bits per heavy atom. The summed E-state index contributed by atoms with van der Waals surface area (Å²) in [5, 5.41) is 0. The Hall–Kier alpha value is -0.830. The van der Waals surface area contributed by atoms with Gasteiger partial charge in [0.1, 0.15) is 0 Å². The van der Waals surface area contributed by atoms with Gasteiger partial charge >= 0.3 is 0 Å². The van der Waals surface area contributed by atoms with Gasteiger partial charge in [-0.2, -0.15) is 0 Å². The van der Waals surface area contributed by atoms with Crippen molar-refractivity contribution in [3.8, 4) is 0 Å². The molecule has 1 amide bonds. The lowest BCUT2D eigenvalue weighted by Gasteiger charge is -2.55. The number of rotatable bonds is 7. The predicted octanol–water partition coefficient (Wildman–Crippen LogP) is 5.01. The molecule has 1 saturated heterocycles. The fourth-order valence-corrected chi connectivity index (χ4v) is 4.05. The number of nitrogens with zero attached hydrogens (tertiary/aromatic N) is 2. The largest absolute Gasteiger partial charge is 0.336 e. The molecule has 1 aliphatic heterocycles. The minimum atomic E-state index is 0.109. The highest BCUT2D eigenvalue weighted by Crippen LogP contribution is 2.39. The maximum absolute atomic E-state index is 13.0. The topological polar surface area (TPSA) is 23.6 Å². The van der Waals surface area contributed by atoms with E-state index in [1.54, 1.807) is 0 Å². The summed E-state index contributed by atoms with van der Waals surface area (Å²) >= 11 is 0. The third-order valence-electron chi connectivity index (χ3n) is 6.01. The number of hydrogen-bond donors (Lipinski definition) is 0. The first kappa shape index (κ1) is 21.2. The third kappa shape index (κ3) is 5.08. The monoisotopic (exact) mass is 336 g/mol. The molecule has 3 heteroatoms. The Morgan fingerprint density at radius 2 is 1.67 bits per heavy atom. The summed E-state index contributed by atoms with van der Waals surface area (Å²) in [5.41, 5.74) is 1.09. The van der Waals surface area contributed by atoms with Crippen LogP contribution in [-0.4, -0.2) is 46.4 Å². The lowest BCUT2D eigenvalue weighted by Crippen LogP contribution is -2.63. The number of hydrogen-bond acceptors (Lipinski definition) is 2. The van der Waals surface area contributed by atoms with Crippen LogP contribution in [0.3, 0.4) is 0 Å². The van der Waals surface area contributed by atoms with Gasteiger partial charge in [-0.05, 0) is 67.9 Å². The molecule has 1 aliphatic rings. The normalized spacial score (nSPS) is 21.8. The summed E-state index contributed by atoms with van der Waals surface area (Å²) in [6.45, 7) is 16.3. The minimum absolute atomic E-state index is 0.109. The molecule has 3 nitrogen and oxygen atoms in total. The van der Waals surface area contributed by atoms with E-state index in [1.807, 2.05) is 19.9 Å². The minimum Gasteiger partial charge on any atom is -0.336 e. The predicted molar refractivity (Wildman–Crippen MR) is 104 cm³/mol. The van der Waals surface area contributed by atoms with Crippen molar-refractivity contribution in [2.24, 2.45) is 0 Å². The lowest BCUT2D eigenvalue weighted by atomic mass is 9.76. The van der Waals surface area contributed by atoms with Crippen molar-refractivity contribution in [1.29, 1.82) is 0 Å². The van der Waals surface area contributed by atoms with Gasteiger partial charge < -0.3 is 4.90 Å². The Bertz CT molecular complexity index is 433. The fraction of sp³-hybridized carbons (Fsp3) is 0.857. The molecule has 1 rings (SSSR count). The molecular weight excluding hydrogens is 296 g/mol. The van der Waals surface area contributed by atoms with Crippen molar-refractivity contribution in [2.75, 3.05) is 13.6 Å². The molecule has 0 spiro atoms. The maximum atomic E-state index is 13.0. The standard InChI is InChI=1S/C21H40N2O/c1-9-11-12-13-14-23(19(24)17(3)10-2)18-15-20(4,5)22(8)21(6,7)16-18/h10,18H,9,11-16H2,1-8H3. The highest BCUT2D eigenvalue weighted by Gasteiger charge is 2.45. The van der Waals surface area contributed by atoms with Gasteiger partial charge in [-0.25, -0.2) is 0 Å². The van der Waals surface area contributed by atoms with Crippen molar-refractivity contribution in [1.82, 2.24) is 9.80 Å². The molecule has 1 heterocycles. The molecule has 24 heavy (non-hydrogen) atoms. The Balaban J connectivity index is 2.98. The van der Waals surface area contributed by atoms with E-state index in [9.17, 15) is 4.79 Å². The zero-order chi connectivity index (χ0) is 18.5. The molecule has 0 aromatic carbocycles. The molecule has 0 saturated carbocycles. The zero-order valence-electron chi connectivity index (χ0n) is 17.4. The van der Waals surface area contributed by atoms with Crippen LogP contribution >= 0.6 is 0 Å². The van der Waals surface area contributed by atoms with Gasteiger partial charge in [0.25, 0.3) is 0 Å². The van der Waals surface area contributed by atoms with E-state index in [-0.39, 0.29) is 17.0 Å². The molecule has 140 valence electrons. The average molecular weight is 337 g/mol. The van der Waals surface area contributed by atoms with Crippen molar-refractivity contribution in [3.63, 3.8) is 0 Å². The van der Waals surface area contributed by atoms with Crippen LogP contribution in [0.2, 0.25) is 0 Å². The Labute approximate surface area is 150 Å². The highest BCUT2D eigenvalue weighted by molar-refractivity contribution is 5.93. The number of unbranched alkanes of at least 4 members (excludes halogenated alkanes) is 3. The smallest absolute Gasteiger partial charge is 0.249 e. The van der Waals surface area contributed by atoms with Gasteiger partial charge in [0.15, 0.2) is 0 Å². The van der Waals surface area contributed by atoms with Gasteiger partial charge in [0.2, 0.25) is 5.91 Å². The molecule has 0 atom stereocenters. The van der Waals surface area contributed by atoms with Crippen LogP contribution < -0.4 is 0 Å². The maximum Gasteiger partial charge on any atom is 0.249 e. The van der Waals surface area contributed by atoms with Crippen LogP contribution in [-0.2, 0) is 4.79 Å². The van der Waals surface area contributed by atoms with Crippen LogP contribution in [0.25, 0.3) is 0 Å². The van der Waals surface area contributed by atoms with E-state index in [1.165, 1.54) is 19.3 Å². The van der Waals surface area contributed by atoms with Gasteiger partial charge in [-0.1, -0.05) is 32.3 Å². The van der Waals surface area contributed by atoms with Crippen LogP contribution in [0.1, 0.15) is 87.0 Å². The number of piperidine rings is 1. The number of carbonyl (C=O) groups is 1. The quantitative estimate of drug-likeness (QED) is 0.482. The third-order valence-corrected chi connectivity index (χ3v) is 6.01. The SMILES string of the molecule is CC=C(C)C(=O)N(CCCCCC)C1CC(C)(C)N(C)C(C)(C)C1. The number of allylic oxidation sites excluding steroid dienone is 1. The van der Waals surface area contributed by atoms with E-state index in [2.05, 4.69) is 51.5 Å². The highest BCUT2D eigenvalue weighted by atomic mass is 16.2. The van der Waals surface area contributed by atoms with Gasteiger partial charge in [-0.15, -0.1) is 0 Å². The number of likely N-dealkylation sites (tertiary alicyclic amines) is 1. The average Bonchev–Trinajstić information content (AvgIpc) is 2.50. The second-order valence-electron chi connectivity index (χ2n) is 8.78. The fourth-order valence-electron chi connectivity index (χ4n) is 4.05. The number of carbonyl (C=O) groups excluding carboxylic acids is 1. The molecule has 0 unspecified atom stereocenters. The Morgan fingerprint density at radius 3 is 2.12 bits per heavy atom. The van der Waals surface area contributed by atoms with E-state index < -0.39 is 0 Å². The second kappa shape index (κ2) is 8.51. The van der Waals surface area contributed by atoms with Crippen molar-refractivity contribution < 1.29 is 4.79 Å². The van der Waals surface area contributed by atoms with Crippen molar-refractivity contribution in [3.05, 3.63) is 11.6 Å². The first-order chi connectivity index (χ1) is 11.1. The molecule has 0 aromatic rings. The zero-order valence-corrected chi connectivity index (χ0v) is 17.4. The molecular formula is C21H40N2O. The van der Waals surface area contributed by atoms with E-state index in [4.69, 9.17) is 0 Å². The second-order valence-corrected chi connectivity index (χ2v) is 8.78. The van der Waals surface area contributed by atoms with Crippen molar-refractivity contribution in [2.45, 2.75) is 104 Å². The van der Waals surface area contributed by atoms with Gasteiger partial charge in [-0.3, -0.25) is 9.69 Å². The summed E-state index contributed by atoms with van der Waals surface area (Å²) in [6.07, 6.45) is 8.86. The van der Waals surface area contributed by atoms with Crippen LogP contribution in [0.5, 0.6) is 0 Å².